The van der Waals surface area contributed by atoms with Crippen LogP contribution < -0.4 is 0 Å². The molecule has 1 aliphatic carbocycles. The van der Waals surface area contributed by atoms with E-state index in [4.69, 9.17) is 4.98 Å². The van der Waals surface area contributed by atoms with E-state index in [-0.39, 0.29) is 5.75 Å². The van der Waals surface area contributed by atoms with E-state index >= 15 is 0 Å². The lowest BCUT2D eigenvalue weighted by molar-refractivity contribution is 0.471. The van der Waals surface area contributed by atoms with Crippen LogP contribution >= 0.6 is 55.0 Å². The first-order valence-electron chi connectivity index (χ1n) is 11.0. The Morgan fingerprint density at radius 3 is 2.74 bits per heavy atom. The summed E-state index contributed by atoms with van der Waals surface area (Å²) in [5.74, 6) is 1.07. The summed E-state index contributed by atoms with van der Waals surface area (Å²) in [7, 11) is 0. The van der Waals surface area contributed by atoms with Gasteiger partial charge in [-0.05, 0) is 80.5 Å². The normalized spacial score (nSPS) is 12.4. The fourth-order valence-electron chi connectivity index (χ4n) is 4.30. The van der Waals surface area contributed by atoms with Gasteiger partial charge in [-0.15, -0.1) is 11.3 Å². The van der Waals surface area contributed by atoms with Crippen LogP contribution in [0.5, 0.6) is 5.75 Å². The second kappa shape index (κ2) is 9.54. The summed E-state index contributed by atoms with van der Waals surface area (Å²) in [6.45, 7) is 0. The maximum atomic E-state index is 10.3. The van der Waals surface area contributed by atoms with E-state index in [9.17, 15) is 5.11 Å². The van der Waals surface area contributed by atoms with E-state index in [1.807, 2.05) is 24.3 Å². The maximum absolute atomic E-state index is 10.3. The van der Waals surface area contributed by atoms with E-state index in [2.05, 4.69) is 79.3 Å². The molecule has 6 rings (SSSR count). The Morgan fingerprint density at radius 2 is 1.83 bits per heavy atom. The number of aromatic hydroxyl groups is 1. The molecule has 4 aromatic carbocycles. The molecule has 0 unspecified atom stereocenters. The van der Waals surface area contributed by atoms with Crippen LogP contribution in [0.15, 0.2) is 91.1 Å². The highest BCUT2D eigenvalue weighted by Crippen LogP contribution is 2.39. The third-order valence-corrected chi connectivity index (χ3v) is 9.28. The number of halogens is 2. The average molecular weight is 622 g/mol. The van der Waals surface area contributed by atoms with Crippen molar-refractivity contribution in [1.82, 2.24) is 4.98 Å². The Bertz CT molecular complexity index is 1630. The van der Waals surface area contributed by atoms with Crippen LogP contribution in [0.1, 0.15) is 22.3 Å². The van der Waals surface area contributed by atoms with Crippen LogP contribution in [0, 0.1) is 0 Å². The molecule has 0 atom stereocenters. The number of fused-ring (bicyclic) bond motifs is 4. The number of thiazole rings is 1. The number of nitrogens with zero attached hydrogens (tertiary/aromatic N) is 2. The number of phenols is 1. The van der Waals surface area contributed by atoms with Crippen LogP contribution in [0.25, 0.3) is 21.3 Å². The zero-order chi connectivity index (χ0) is 23.9. The summed E-state index contributed by atoms with van der Waals surface area (Å²) < 4.78 is 3.65. The first-order chi connectivity index (χ1) is 17.0. The van der Waals surface area contributed by atoms with Crippen LogP contribution in [0.4, 0.5) is 5.69 Å². The van der Waals surface area contributed by atoms with Crippen molar-refractivity contribution in [3.8, 4) is 16.9 Å². The molecule has 1 aliphatic rings. The maximum Gasteiger partial charge on any atom is 0.151 e. The van der Waals surface area contributed by atoms with E-state index < -0.39 is 0 Å². The molecule has 1 N–H and O–H groups in total. The van der Waals surface area contributed by atoms with Crippen LogP contribution in [0.2, 0.25) is 0 Å². The Morgan fingerprint density at radius 1 is 0.971 bits per heavy atom. The summed E-state index contributed by atoms with van der Waals surface area (Å²) in [6, 6.07) is 25.2. The number of thioether (sulfide) groups is 1. The minimum atomic E-state index is 0.171. The molecule has 0 fully saturated rings. The van der Waals surface area contributed by atoms with Crippen LogP contribution in [-0.4, -0.2) is 16.3 Å². The topological polar surface area (TPSA) is 45.5 Å². The molecule has 0 saturated carbocycles. The predicted octanol–water partition coefficient (Wildman–Crippen LogP) is 9.14. The number of hydrogen-bond donors (Lipinski definition) is 1. The molecule has 5 aromatic rings. The van der Waals surface area contributed by atoms with Gasteiger partial charge in [0, 0.05) is 22.0 Å². The standard InChI is InChI=1S/C28H18Br2N2OS2/c29-20-11-19(27(33)24(30)12-20)14-31-21-6-8-25-26(13-21)35-28(32-25)34-15-16-5-7-23-18(9-16)10-17-3-1-2-4-22(17)23/h1-9,11-14,33H,10,15H2. The predicted molar refractivity (Wildman–Crippen MR) is 155 cm³/mol. The largest absolute Gasteiger partial charge is 0.506 e. The molecule has 0 amide bonds. The van der Waals surface area contributed by atoms with Crippen LogP contribution in [0.3, 0.4) is 0 Å². The number of phenolic OH excluding ortho intramolecular Hbond substituents is 1. The lowest BCUT2D eigenvalue weighted by atomic mass is 10.0. The van der Waals surface area contributed by atoms with Crippen molar-refractivity contribution in [3.05, 3.63) is 104 Å². The summed E-state index contributed by atoms with van der Waals surface area (Å²) in [4.78, 5) is 9.37. The zero-order valence-corrected chi connectivity index (χ0v) is 23.1. The highest BCUT2D eigenvalue weighted by atomic mass is 79.9. The quantitative estimate of drug-likeness (QED) is 0.154. The molecule has 0 aliphatic heterocycles. The number of benzene rings is 4. The number of aliphatic imine (C=N–C) groups is 1. The molecule has 0 radical (unpaired) electrons. The van der Waals surface area contributed by atoms with Gasteiger partial charge in [-0.3, -0.25) is 4.99 Å². The third-order valence-electron chi connectivity index (χ3n) is 5.98. The second-order valence-electron chi connectivity index (χ2n) is 8.33. The van der Waals surface area contributed by atoms with E-state index in [1.165, 1.54) is 27.8 Å². The minimum absolute atomic E-state index is 0.171. The van der Waals surface area contributed by atoms with Gasteiger partial charge in [-0.1, -0.05) is 70.2 Å². The second-order valence-corrected chi connectivity index (χ2v) is 12.4. The summed E-state index contributed by atoms with van der Waals surface area (Å²) in [5, 5.41) is 10.3. The van der Waals surface area contributed by atoms with Gasteiger partial charge in [-0.2, -0.15) is 0 Å². The monoisotopic (exact) mass is 620 g/mol. The molecule has 172 valence electrons. The molecule has 1 heterocycles. The van der Waals surface area contributed by atoms with E-state index in [1.54, 1.807) is 35.4 Å². The van der Waals surface area contributed by atoms with Crippen molar-refractivity contribution in [2.75, 3.05) is 0 Å². The molecular weight excluding hydrogens is 604 g/mol. The smallest absolute Gasteiger partial charge is 0.151 e. The third kappa shape index (κ3) is 4.70. The van der Waals surface area contributed by atoms with Gasteiger partial charge in [0.2, 0.25) is 0 Å². The molecule has 0 bridgehead atoms. The van der Waals surface area contributed by atoms with E-state index in [0.29, 0.717) is 10.0 Å². The lowest BCUT2D eigenvalue weighted by Gasteiger charge is -2.04. The SMILES string of the molecule is Oc1c(Br)cc(Br)cc1C=Nc1ccc2nc(SCc3ccc4c(c3)Cc3ccccc3-4)sc2c1. The lowest BCUT2D eigenvalue weighted by Crippen LogP contribution is -1.85. The number of aromatic nitrogens is 1. The summed E-state index contributed by atoms with van der Waals surface area (Å²) in [6.07, 6.45) is 2.69. The fraction of sp³-hybridized carbons (Fsp3) is 0.0714. The van der Waals surface area contributed by atoms with Crippen molar-refractivity contribution in [1.29, 1.82) is 0 Å². The van der Waals surface area contributed by atoms with Crippen LogP contribution in [-0.2, 0) is 12.2 Å². The summed E-state index contributed by atoms with van der Waals surface area (Å²) in [5.41, 5.74) is 9.34. The van der Waals surface area contributed by atoms with Crippen molar-refractivity contribution >= 4 is 77.1 Å². The highest BCUT2D eigenvalue weighted by molar-refractivity contribution is 9.11. The molecule has 0 saturated heterocycles. The van der Waals surface area contributed by atoms with E-state index in [0.717, 1.165) is 36.9 Å². The number of rotatable bonds is 5. The zero-order valence-electron chi connectivity index (χ0n) is 18.3. The molecule has 1 aromatic heterocycles. The van der Waals surface area contributed by atoms with Gasteiger partial charge in [0.15, 0.2) is 4.34 Å². The molecule has 0 spiro atoms. The number of hydrogen-bond acceptors (Lipinski definition) is 5. The van der Waals surface area contributed by atoms with Gasteiger partial charge >= 0.3 is 0 Å². The molecule has 35 heavy (non-hydrogen) atoms. The van der Waals surface area contributed by atoms with Gasteiger partial charge in [0.1, 0.15) is 5.75 Å². The molecular formula is C28H18Br2N2OS2. The molecule has 3 nitrogen and oxygen atoms in total. The Balaban J connectivity index is 1.17. The first kappa shape index (κ1) is 23.0. The van der Waals surface area contributed by atoms with Gasteiger partial charge in [-0.25, -0.2) is 4.98 Å². The van der Waals surface area contributed by atoms with Gasteiger partial charge in [0.25, 0.3) is 0 Å². The van der Waals surface area contributed by atoms with Crippen molar-refractivity contribution in [2.45, 2.75) is 16.5 Å². The van der Waals surface area contributed by atoms with Crippen molar-refractivity contribution in [3.63, 3.8) is 0 Å². The van der Waals surface area contributed by atoms with Gasteiger partial charge in [0.05, 0.1) is 20.4 Å². The van der Waals surface area contributed by atoms with Crippen molar-refractivity contribution in [2.24, 2.45) is 4.99 Å². The van der Waals surface area contributed by atoms with Gasteiger partial charge < -0.3 is 5.11 Å². The Labute approximate surface area is 228 Å². The first-order valence-corrected chi connectivity index (χ1v) is 14.4. The van der Waals surface area contributed by atoms with Crippen molar-refractivity contribution < 1.29 is 5.11 Å². The fourth-order valence-corrected chi connectivity index (χ4v) is 7.60. The summed E-state index contributed by atoms with van der Waals surface area (Å²) >= 11 is 10.3. The minimum Gasteiger partial charge on any atom is -0.506 e. The molecule has 7 heteroatoms. The Hall–Kier alpha value is -2.45. The Kier molecular flexibility index (Phi) is 6.26. The highest BCUT2D eigenvalue weighted by Gasteiger charge is 2.18. The average Bonchev–Trinajstić information content (AvgIpc) is 3.44.